The second-order valence-electron chi connectivity index (χ2n) is 5.09. The molecule has 24 heavy (non-hydrogen) atoms. The molecule has 0 fully saturated rings. The van der Waals surface area contributed by atoms with Gasteiger partial charge in [0.05, 0.1) is 13.7 Å². The van der Waals surface area contributed by atoms with Crippen molar-refractivity contribution in [2.75, 3.05) is 27.2 Å². The predicted molar refractivity (Wildman–Crippen MR) is 112 cm³/mol. The maximum absolute atomic E-state index is 5.28. The Morgan fingerprint density at radius 2 is 2.21 bits per heavy atom. The first-order valence-electron chi connectivity index (χ1n) is 7.74. The zero-order chi connectivity index (χ0) is 16.5. The topological polar surface area (TPSA) is 49.8 Å². The highest BCUT2D eigenvalue weighted by atomic mass is 127. The lowest BCUT2D eigenvalue weighted by atomic mass is 10.3. The van der Waals surface area contributed by atoms with Crippen molar-refractivity contribution in [1.82, 2.24) is 15.2 Å². The van der Waals surface area contributed by atoms with E-state index in [4.69, 9.17) is 9.73 Å². The minimum Gasteiger partial charge on any atom is -0.481 e. The number of rotatable bonds is 7. The molecule has 0 saturated carbocycles. The van der Waals surface area contributed by atoms with Crippen molar-refractivity contribution in [2.24, 2.45) is 4.99 Å². The zero-order valence-corrected chi connectivity index (χ0v) is 17.5. The fourth-order valence-electron chi connectivity index (χ4n) is 2.20. The summed E-state index contributed by atoms with van der Waals surface area (Å²) < 4.78 is 5.28. The first-order chi connectivity index (χ1) is 11.2. The van der Waals surface area contributed by atoms with Crippen LogP contribution in [0.4, 0.5) is 0 Å². The van der Waals surface area contributed by atoms with Crippen molar-refractivity contribution in [3.63, 3.8) is 0 Å². The van der Waals surface area contributed by atoms with Gasteiger partial charge in [0.15, 0.2) is 5.96 Å². The largest absolute Gasteiger partial charge is 0.481 e. The van der Waals surface area contributed by atoms with E-state index in [-0.39, 0.29) is 24.0 Å². The van der Waals surface area contributed by atoms with Crippen LogP contribution in [-0.2, 0) is 13.0 Å². The lowest BCUT2D eigenvalue weighted by molar-refractivity contribution is 0.392. The minimum absolute atomic E-state index is 0. The van der Waals surface area contributed by atoms with Crippen molar-refractivity contribution in [3.05, 3.63) is 46.3 Å². The average Bonchev–Trinajstić information content (AvgIpc) is 3.10. The summed E-state index contributed by atoms with van der Waals surface area (Å²) in [6.07, 6.45) is 2.75. The van der Waals surface area contributed by atoms with E-state index in [1.807, 2.05) is 12.1 Å². The molecule has 2 heterocycles. The molecule has 0 atom stereocenters. The molecule has 0 aromatic carbocycles. The molecule has 0 spiro atoms. The van der Waals surface area contributed by atoms with Crippen LogP contribution in [0.2, 0.25) is 0 Å². The summed E-state index contributed by atoms with van der Waals surface area (Å²) in [6, 6.07) is 8.16. The van der Waals surface area contributed by atoms with Gasteiger partial charge in [0.1, 0.15) is 0 Å². The number of aromatic nitrogens is 1. The molecule has 0 aliphatic carbocycles. The first kappa shape index (κ1) is 20.7. The minimum atomic E-state index is 0. The smallest absolute Gasteiger partial charge is 0.218 e. The molecule has 0 aliphatic rings. The van der Waals surface area contributed by atoms with Gasteiger partial charge in [0, 0.05) is 36.8 Å². The Balaban J connectivity index is 0.00000288. The SMILES string of the molecule is CCNC(=NCc1cccnc1OC)N(C)CCc1cccs1.I. The lowest BCUT2D eigenvalue weighted by Gasteiger charge is -2.22. The van der Waals surface area contributed by atoms with Crippen LogP contribution >= 0.6 is 35.3 Å². The maximum Gasteiger partial charge on any atom is 0.218 e. The molecule has 7 heteroatoms. The molecule has 132 valence electrons. The molecule has 0 amide bonds. The van der Waals surface area contributed by atoms with Gasteiger partial charge in [0.2, 0.25) is 5.88 Å². The van der Waals surface area contributed by atoms with Crippen LogP contribution < -0.4 is 10.1 Å². The van der Waals surface area contributed by atoms with Crippen LogP contribution in [0.15, 0.2) is 40.8 Å². The number of nitrogens with one attached hydrogen (secondary N) is 1. The van der Waals surface area contributed by atoms with Gasteiger partial charge in [-0.15, -0.1) is 35.3 Å². The third-order valence-electron chi connectivity index (χ3n) is 3.41. The molecule has 0 aliphatic heterocycles. The van der Waals surface area contributed by atoms with E-state index in [1.54, 1.807) is 24.6 Å². The second kappa shape index (κ2) is 11.2. The number of methoxy groups -OCH3 is 1. The van der Waals surface area contributed by atoms with Crippen molar-refractivity contribution < 1.29 is 4.74 Å². The van der Waals surface area contributed by atoms with Crippen LogP contribution in [0.5, 0.6) is 5.88 Å². The van der Waals surface area contributed by atoms with Gasteiger partial charge in [-0.25, -0.2) is 9.98 Å². The number of nitrogens with zero attached hydrogens (tertiary/aromatic N) is 3. The van der Waals surface area contributed by atoms with Crippen LogP contribution in [0, 0.1) is 0 Å². The quantitative estimate of drug-likeness (QED) is 0.391. The van der Waals surface area contributed by atoms with Gasteiger partial charge >= 0.3 is 0 Å². The Bertz CT molecular complexity index is 619. The summed E-state index contributed by atoms with van der Waals surface area (Å²) in [4.78, 5) is 12.5. The van der Waals surface area contributed by atoms with E-state index in [1.165, 1.54) is 4.88 Å². The summed E-state index contributed by atoms with van der Waals surface area (Å²) in [5.41, 5.74) is 0.983. The van der Waals surface area contributed by atoms with E-state index >= 15 is 0 Å². The first-order valence-corrected chi connectivity index (χ1v) is 8.62. The highest BCUT2D eigenvalue weighted by molar-refractivity contribution is 14.0. The van der Waals surface area contributed by atoms with E-state index in [0.717, 1.165) is 31.0 Å². The Kier molecular flexibility index (Phi) is 9.70. The van der Waals surface area contributed by atoms with Crippen LogP contribution in [0.25, 0.3) is 0 Å². The molecule has 2 aromatic heterocycles. The predicted octanol–water partition coefficient (Wildman–Crippen LogP) is 3.41. The standard InChI is InChI=1S/C17H24N4OS.HI/c1-4-18-17(21(2)11-9-15-8-6-12-23-15)20-13-14-7-5-10-19-16(14)22-3;/h5-8,10,12H,4,9,11,13H2,1-3H3,(H,18,20);1H. The summed E-state index contributed by atoms with van der Waals surface area (Å²) in [6.45, 7) is 4.39. The Hall–Kier alpha value is -1.35. The van der Waals surface area contributed by atoms with Gasteiger partial charge in [-0.1, -0.05) is 12.1 Å². The second-order valence-corrected chi connectivity index (χ2v) is 6.13. The molecule has 2 rings (SSSR count). The van der Waals surface area contributed by atoms with Crippen LogP contribution in [0.3, 0.4) is 0 Å². The molecule has 0 bridgehead atoms. The summed E-state index contributed by atoms with van der Waals surface area (Å²) in [7, 11) is 3.70. The molecule has 0 radical (unpaired) electrons. The molecule has 0 unspecified atom stereocenters. The Labute approximate surface area is 165 Å². The molecule has 2 aromatic rings. The number of halogens is 1. The third-order valence-corrected chi connectivity index (χ3v) is 4.35. The number of pyridine rings is 1. The zero-order valence-electron chi connectivity index (χ0n) is 14.4. The molecule has 0 saturated heterocycles. The van der Waals surface area contributed by atoms with E-state index in [2.05, 4.69) is 46.7 Å². The van der Waals surface area contributed by atoms with Crippen molar-refractivity contribution in [3.8, 4) is 5.88 Å². The van der Waals surface area contributed by atoms with E-state index < -0.39 is 0 Å². The molecule has 1 N–H and O–H groups in total. The van der Waals surface area contributed by atoms with Crippen molar-refractivity contribution >= 4 is 41.3 Å². The number of hydrogen-bond donors (Lipinski definition) is 1. The number of ether oxygens (including phenoxy) is 1. The lowest BCUT2D eigenvalue weighted by Crippen LogP contribution is -2.39. The Morgan fingerprint density at radius 1 is 1.38 bits per heavy atom. The highest BCUT2D eigenvalue weighted by Gasteiger charge is 2.08. The summed E-state index contributed by atoms with van der Waals surface area (Å²) >= 11 is 1.79. The molecule has 5 nitrogen and oxygen atoms in total. The van der Waals surface area contributed by atoms with Crippen molar-refractivity contribution in [1.29, 1.82) is 0 Å². The fourth-order valence-corrected chi connectivity index (χ4v) is 2.89. The third kappa shape index (κ3) is 6.27. The monoisotopic (exact) mass is 460 g/mol. The van der Waals surface area contributed by atoms with Gasteiger partial charge in [-0.05, 0) is 30.9 Å². The summed E-state index contributed by atoms with van der Waals surface area (Å²) in [5.74, 6) is 1.53. The Morgan fingerprint density at radius 3 is 2.88 bits per heavy atom. The van der Waals surface area contributed by atoms with E-state index in [9.17, 15) is 0 Å². The molecular weight excluding hydrogens is 435 g/mol. The normalized spacial score (nSPS) is 10.9. The number of hydrogen-bond acceptors (Lipinski definition) is 4. The fraction of sp³-hybridized carbons (Fsp3) is 0.412. The van der Waals surface area contributed by atoms with Gasteiger partial charge in [-0.2, -0.15) is 0 Å². The van der Waals surface area contributed by atoms with Crippen LogP contribution in [-0.4, -0.2) is 43.1 Å². The van der Waals surface area contributed by atoms with Gasteiger partial charge in [-0.3, -0.25) is 0 Å². The van der Waals surface area contributed by atoms with E-state index in [0.29, 0.717) is 12.4 Å². The highest BCUT2D eigenvalue weighted by Crippen LogP contribution is 2.14. The molecular formula is C17H25IN4OS. The van der Waals surface area contributed by atoms with Crippen LogP contribution in [0.1, 0.15) is 17.4 Å². The van der Waals surface area contributed by atoms with Gasteiger partial charge < -0.3 is 15.0 Å². The summed E-state index contributed by atoms with van der Waals surface area (Å²) in [5, 5.41) is 5.45. The maximum atomic E-state index is 5.28. The number of thiophene rings is 1. The number of guanidine groups is 1. The number of likely N-dealkylation sites (N-methyl/N-ethyl adjacent to an activating group) is 1. The van der Waals surface area contributed by atoms with Gasteiger partial charge in [0.25, 0.3) is 0 Å². The average molecular weight is 460 g/mol. The van der Waals surface area contributed by atoms with Crippen molar-refractivity contribution in [2.45, 2.75) is 19.9 Å². The number of aliphatic imine (C=N–C) groups is 1.